The summed E-state index contributed by atoms with van der Waals surface area (Å²) in [5, 5.41) is 3.53. The van der Waals surface area contributed by atoms with Crippen LogP contribution in [0.5, 0.6) is 0 Å². The standard InChI is InChI=1S/C14H28N2O/c1-4-11-6-5-7-12(9-8-11)16-10-14(2,3)13(15)17/h11-12,16H,4-10H2,1-3H3,(H2,15,17). The number of nitrogens with two attached hydrogens (primary N) is 1. The van der Waals surface area contributed by atoms with Crippen molar-refractivity contribution >= 4 is 5.91 Å². The largest absolute Gasteiger partial charge is 0.369 e. The van der Waals surface area contributed by atoms with Gasteiger partial charge in [-0.2, -0.15) is 0 Å². The summed E-state index contributed by atoms with van der Waals surface area (Å²) >= 11 is 0. The second-order valence-corrected chi connectivity index (χ2v) is 6.11. The Kier molecular flexibility index (Phi) is 5.44. The summed E-state index contributed by atoms with van der Waals surface area (Å²) in [6, 6.07) is 0.574. The van der Waals surface area contributed by atoms with Gasteiger partial charge >= 0.3 is 0 Å². The first-order chi connectivity index (χ1) is 7.95. The SMILES string of the molecule is CCC1CCCC(NCC(C)(C)C(N)=O)CC1. The average molecular weight is 240 g/mol. The molecule has 0 bridgehead atoms. The minimum absolute atomic E-state index is 0.218. The highest BCUT2D eigenvalue weighted by Gasteiger charge is 2.26. The first-order valence-electron chi connectivity index (χ1n) is 6.99. The smallest absolute Gasteiger partial charge is 0.224 e. The van der Waals surface area contributed by atoms with Crippen LogP contribution < -0.4 is 11.1 Å². The van der Waals surface area contributed by atoms with E-state index in [9.17, 15) is 4.79 Å². The third kappa shape index (κ3) is 4.66. The predicted octanol–water partition coefficient (Wildman–Crippen LogP) is 2.45. The lowest BCUT2D eigenvalue weighted by Crippen LogP contribution is -2.43. The second kappa shape index (κ2) is 6.39. The molecule has 0 saturated heterocycles. The summed E-state index contributed by atoms with van der Waals surface area (Å²) in [4.78, 5) is 11.2. The number of primary amides is 1. The van der Waals surface area contributed by atoms with Crippen molar-refractivity contribution in [1.29, 1.82) is 0 Å². The molecule has 100 valence electrons. The second-order valence-electron chi connectivity index (χ2n) is 6.11. The van der Waals surface area contributed by atoms with Crippen molar-refractivity contribution in [1.82, 2.24) is 5.32 Å². The van der Waals surface area contributed by atoms with Gasteiger partial charge in [-0.05, 0) is 39.0 Å². The molecule has 0 aromatic heterocycles. The Morgan fingerprint density at radius 3 is 2.59 bits per heavy atom. The number of rotatable bonds is 5. The summed E-state index contributed by atoms with van der Waals surface area (Å²) in [5.41, 5.74) is 4.95. The number of hydrogen-bond donors (Lipinski definition) is 2. The first kappa shape index (κ1) is 14.5. The molecule has 3 N–H and O–H groups in total. The third-order valence-corrected chi connectivity index (χ3v) is 4.17. The minimum atomic E-state index is -0.434. The fourth-order valence-electron chi connectivity index (χ4n) is 2.48. The molecule has 0 heterocycles. The molecule has 17 heavy (non-hydrogen) atoms. The Morgan fingerprint density at radius 2 is 2.00 bits per heavy atom. The lowest BCUT2D eigenvalue weighted by atomic mass is 9.92. The number of amides is 1. The first-order valence-corrected chi connectivity index (χ1v) is 6.99. The number of nitrogens with one attached hydrogen (secondary N) is 1. The van der Waals surface area contributed by atoms with Gasteiger partial charge in [0.1, 0.15) is 0 Å². The molecule has 1 aliphatic carbocycles. The van der Waals surface area contributed by atoms with Crippen molar-refractivity contribution in [3.63, 3.8) is 0 Å². The Balaban J connectivity index is 2.35. The monoisotopic (exact) mass is 240 g/mol. The van der Waals surface area contributed by atoms with Crippen molar-refractivity contribution < 1.29 is 4.79 Å². The Bertz CT molecular complexity index is 251. The van der Waals surface area contributed by atoms with E-state index in [0.717, 1.165) is 5.92 Å². The number of hydrogen-bond acceptors (Lipinski definition) is 2. The van der Waals surface area contributed by atoms with Crippen LogP contribution in [0.25, 0.3) is 0 Å². The molecule has 2 atom stereocenters. The summed E-state index contributed by atoms with van der Waals surface area (Å²) in [6.45, 7) is 6.81. The Labute approximate surface area is 106 Å². The summed E-state index contributed by atoms with van der Waals surface area (Å²) in [7, 11) is 0. The molecule has 0 aliphatic heterocycles. The van der Waals surface area contributed by atoms with Gasteiger partial charge in [0.25, 0.3) is 0 Å². The van der Waals surface area contributed by atoms with Crippen LogP contribution in [-0.2, 0) is 4.79 Å². The Morgan fingerprint density at radius 1 is 1.29 bits per heavy atom. The van der Waals surface area contributed by atoms with E-state index < -0.39 is 5.41 Å². The van der Waals surface area contributed by atoms with Gasteiger partial charge in [0.15, 0.2) is 0 Å². The maximum absolute atomic E-state index is 11.2. The van der Waals surface area contributed by atoms with Gasteiger partial charge < -0.3 is 11.1 Å². The molecular weight excluding hydrogens is 212 g/mol. The molecular formula is C14H28N2O. The van der Waals surface area contributed by atoms with Crippen LogP contribution in [0.3, 0.4) is 0 Å². The fraction of sp³-hybridized carbons (Fsp3) is 0.929. The van der Waals surface area contributed by atoms with Gasteiger partial charge in [-0.25, -0.2) is 0 Å². The van der Waals surface area contributed by atoms with E-state index in [1.54, 1.807) is 0 Å². The zero-order valence-electron chi connectivity index (χ0n) is 11.6. The molecule has 1 amide bonds. The van der Waals surface area contributed by atoms with Crippen molar-refractivity contribution in [2.45, 2.75) is 65.3 Å². The molecule has 1 rings (SSSR count). The lowest BCUT2D eigenvalue weighted by molar-refractivity contribution is -0.125. The van der Waals surface area contributed by atoms with Gasteiger partial charge in [0.05, 0.1) is 5.41 Å². The van der Waals surface area contributed by atoms with E-state index >= 15 is 0 Å². The zero-order valence-corrected chi connectivity index (χ0v) is 11.6. The molecule has 3 heteroatoms. The number of carbonyl (C=O) groups excluding carboxylic acids is 1. The van der Waals surface area contributed by atoms with Gasteiger partial charge in [-0.3, -0.25) is 4.79 Å². The summed E-state index contributed by atoms with van der Waals surface area (Å²) < 4.78 is 0. The third-order valence-electron chi connectivity index (χ3n) is 4.17. The fourth-order valence-corrected chi connectivity index (χ4v) is 2.48. The zero-order chi connectivity index (χ0) is 12.9. The maximum atomic E-state index is 11.2. The molecule has 3 nitrogen and oxygen atoms in total. The van der Waals surface area contributed by atoms with Gasteiger partial charge in [-0.1, -0.05) is 26.2 Å². The van der Waals surface area contributed by atoms with E-state index in [1.165, 1.54) is 38.5 Å². The van der Waals surface area contributed by atoms with Crippen molar-refractivity contribution in [3.8, 4) is 0 Å². The molecule has 0 spiro atoms. The normalized spacial score (nSPS) is 26.5. The highest BCUT2D eigenvalue weighted by molar-refractivity contribution is 5.80. The van der Waals surface area contributed by atoms with E-state index in [4.69, 9.17) is 5.73 Å². The van der Waals surface area contributed by atoms with Crippen LogP contribution in [0.1, 0.15) is 59.3 Å². The number of carbonyl (C=O) groups is 1. The van der Waals surface area contributed by atoms with Crippen molar-refractivity contribution in [2.24, 2.45) is 17.1 Å². The van der Waals surface area contributed by atoms with Crippen molar-refractivity contribution in [2.75, 3.05) is 6.54 Å². The van der Waals surface area contributed by atoms with Crippen LogP contribution >= 0.6 is 0 Å². The highest BCUT2D eigenvalue weighted by Crippen LogP contribution is 2.26. The van der Waals surface area contributed by atoms with Crippen LogP contribution in [0.4, 0.5) is 0 Å². The molecule has 0 aromatic carbocycles. The molecule has 0 aromatic rings. The molecule has 2 unspecified atom stereocenters. The van der Waals surface area contributed by atoms with Crippen LogP contribution in [-0.4, -0.2) is 18.5 Å². The lowest BCUT2D eigenvalue weighted by Gasteiger charge is -2.25. The highest BCUT2D eigenvalue weighted by atomic mass is 16.1. The van der Waals surface area contributed by atoms with E-state index in [1.807, 2.05) is 13.8 Å². The van der Waals surface area contributed by atoms with E-state index in [0.29, 0.717) is 12.6 Å². The molecule has 1 fully saturated rings. The van der Waals surface area contributed by atoms with E-state index in [2.05, 4.69) is 12.2 Å². The summed E-state index contributed by atoms with van der Waals surface area (Å²) in [5.74, 6) is 0.691. The maximum Gasteiger partial charge on any atom is 0.224 e. The van der Waals surface area contributed by atoms with Gasteiger partial charge in [0.2, 0.25) is 5.91 Å². The van der Waals surface area contributed by atoms with Crippen LogP contribution in [0.15, 0.2) is 0 Å². The molecule has 1 saturated carbocycles. The minimum Gasteiger partial charge on any atom is -0.369 e. The predicted molar refractivity (Wildman–Crippen MR) is 71.6 cm³/mol. The quantitative estimate of drug-likeness (QED) is 0.725. The van der Waals surface area contributed by atoms with Gasteiger partial charge in [-0.15, -0.1) is 0 Å². The topological polar surface area (TPSA) is 55.1 Å². The van der Waals surface area contributed by atoms with E-state index in [-0.39, 0.29) is 5.91 Å². The van der Waals surface area contributed by atoms with Crippen LogP contribution in [0, 0.1) is 11.3 Å². The van der Waals surface area contributed by atoms with Crippen molar-refractivity contribution in [3.05, 3.63) is 0 Å². The summed E-state index contributed by atoms with van der Waals surface area (Å²) in [6.07, 6.45) is 7.80. The molecule has 0 radical (unpaired) electrons. The van der Waals surface area contributed by atoms with Gasteiger partial charge in [0, 0.05) is 12.6 Å². The average Bonchev–Trinajstić information content (AvgIpc) is 2.51. The Hall–Kier alpha value is -0.570. The molecule has 1 aliphatic rings. The van der Waals surface area contributed by atoms with Crippen LogP contribution in [0.2, 0.25) is 0 Å².